The Labute approximate surface area is 199 Å². The van der Waals surface area contributed by atoms with E-state index in [1.54, 1.807) is 0 Å². The second kappa shape index (κ2) is 9.20. The second-order valence-electron chi connectivity index (χ2n) is 9.42. The topological polar surface area (TPSA) is 49.3 Å². The van der Waals surface area contributed by atoms with Gasteiger partial charge >= 0.3 is 0 Å². The molecule has 1 aliphatic rings. The maximum absolute atomic E-state index is 13.1. The maximum Gasteiger partial charge on any atom is 0.254 e. The lowest BCUT2D eigenvalue weighted by Gasteiger charge is -2.39. The molecule has 1 aliphatic heterocycles. The molecule has 2 aromatic carbocycles. The predicted molar refractivity (Wildman–Crippen MR) is 132 cm³/mol. The fraction of sp³-hybridized carbons (Fsp3) is 0.400. The van der Waals surface area contributed by atoms with Gasteiger partial charge < -0.3 is 9.80 Å². The molecule has 5 nitrogen and oxygen atoms in total. The van der Waals surface area contributed by atoms with Crippen molar-refractivity contribution in [1.82, 2.24) is 14.3 Å². The third-order valence-electron chi connectivity index (χ3n) is 5.89. The third kappa shape index (κ3) is 5.13. The lowest BCUT2D eigenvalue weighted by atomic mass is 9.86. The molecule has 7 heteroatoms. The van der Waals surface area contributed by atoms with Gasteiger partial charge in [-0.05, 0) is 47.7 Å². The smallest absolute Gasteiger partial charge is 0.254 e. The lowest BCUT2D eigenvalue weighted by Crippen LogP contribution is -2.54. The van der Waals surface area contributed by atoms with Gasteiger partial charge in [-0.15, -0.1) is 0 Å². The number of halogens is 1. The minimum Gasteiger partial charge on any atom is -0.343 e. The van der Waals surface area contributed by atoms with Crippen LogP contribution in [0.25, 0.3) is 0 Å². The Bertz CT molecular complexity index is 1070. The maximum atomic E-state index is 13.1. The average molecular weight is 469 g/mol. The highest BCUT2D eigenvalue weighted by molar-refractivity contribution is 7.09. The molecule has 1 aromatic heterocycles. The van der Waals surface area contributed by atoms with Gasteiger partial charge in [0.1, 0.15) is 5.82 Å². The summed E-state index contributed by atoms with van der Waals surface area (Å²) < 4.78 is 4.54. The van der Waals surface area contributed by atoms with E-state index in [0.717, 1.165) is 40.2 Å². The van der Waals surface area contributed by atoms with Gasteiger partial charge in [0.15, 0.2) is 0 Å². The molecule has 0 aliphatic carbocycles. The van der Waals surface area contributed by atoms with Crippen LogP contribution in [0.15, 0.2) is 48.5 Å². The largest absolute Gasteiger partial charge is 0.343 e. The summed E-state index contributed by atoms with van der Waals surface area (Å²) in [7, 11) is 0. The fourth-order valence-corrected chi connectivity index (χ4v) is 4.79. The monoisotopic (exact) mass is 468 g/mol. The molecule has 4 rings (SSSR count). The van der Waals surface area contributed by atoms with Crippen LogP contribution >= 0.6 is 23.1 Å². The summed E-state index contributed by atoms with van der Waals surface area (Å²) in [4.78, 5) is 22.1. The Morgan fingerprint density at radius 2 is 1.78 bits per heavy atom. The van der Waals surface area contributed by atoms with E-state index in [-0.39, 0.29) is 17.4 Å². The zero-order valence-electron chi connectivity index (χ0n) is 19.0. The molecule has 1 fully saturated rings. The molecule has 1 amide bonds. The van der Waals surface area contributed by atoms with Gasteiger partial charge in [-0.1, -0.05) is 56.6 Å². The third-order valence-corrected chi connectivity index (χ3v) is 6.96. The van der Waals surface area contributed by atoms with E-state index in [2.05, 4.69) is 49.1 Å². The van der Waals surface area contributed by atoms with Crippen molar-refractivity contribution in [2.45, 2.75) is 45.6 Å². The van der Waals surface area contributed by atoms with Gasteiger partial charge in [0.25, 0.3) is 5.91 Å². The molecule has 3 aromatic rings. The van der Waals surface area contributed by atoms with E-state index in [4.69, 9.17) is 16.6 Å². The fourth-order valence-electron chi connectivity index (χ4n) is 3.94. The Hall–Kier alpha value is -2.44. The highest BCUT2D eigenvalue weighted by Gasteiger charge is 2.29. The normalized spacial score (nSPS) is 17.0. The molecule has 1 saturated heterocycles. The number of benzene rings is 2. The van der Waals surface area contributed by atoms with Crippen molar-refractivity contribution in [2.24, 2.45) is 0 Å². The van der Waals surface area contributed by atoms with E-state index in [1.807, 2.05) is 41.3 Å². The first-order valence-corrected chi connectivity index (χ1v) is 12.1. The van der Waals surface area contributed by atoms with Crippen molar-refractivity contribution in [1.29, 1.82) is 0 Å². The quantitative estimate of drug-likeness (QED) is 0.512. The summed E-state index contributed by atoms with van der Waals surface area (Å²) in [6.45, 7) is 10.8. The highest BCUT2D eigenvalue weighted by Crippen LogP contribution is 2.25. The van der Waals surface area contributed by atoms with Crippen LogP contribution in [0.3, 0.4) is 0 Å². The molecule has 2 heterocycles. The molecule has 0 saturated carbocycles. The first-order valence-electron chi connectivity index (χ1n) is 10.9. The van der Waals surface area contributed by atoms with Crippen LogP contribution in [0.4, 0.5) is 5.13 Å². The van der Waals surface area contributed by atoms with Crippen LogP contribution in [0, 0.1) is 0 Å². The van der Waals surface area contributed by atoms with Crippen LogP contribution < -0.4 is 4.90 Å². The van der Waals surface area contributed by atoms with Crippen molar-refractivity contribution in [3.8, 4) is 0 Å². The van der Waals surface area contributed by atoms with Crippen molar-refractivity contribution >= 4 is 34.2 Å². The summed E-state index contributed by atoms with van der Waals surface area (Å²) >= 11 is 7.39. The van der Waals surface area contributed by atoms with E-state index < -0.39 is 0 Å². The standard InChI is InChI=1S/C25H29ClN4OS/c1-17-16-29(24-27-22(28-32-24)15-18-5-11-21(26)12-6-18)13-14-30(17)23(31)19-7-9-20(10-8-19)25(2,3)4/h5-12,17H,13-16H2,1-4H3. The van der Waals surface area contributed by atoms with Gasteiger partial charge in [0, 0.05) is 54.2 Å². The van der Waals surface area contributed by atoms with E-state index >= 15 is 0 Å². The van der Waals surface area contributed by atoms with Gasteiger partial charge in [-0.25, -0.2) is 4.98 Å². The molecular formula is C25H29ClN4OS. The van der Waals surface area contributed by atoms with E-state index in [9.17, 15) is 4.79 Å². The van der Waals surface area contributed by atoms with Crippen LogP contribution in [-0.4, -0.2) is 45.8 Å². The van der Waals surface area contributed by atoms with Crippen LogP contribution in [0.1, 0.15) is 55.0 Å². The van der Waals surface area contributed by atoms with Crippen molar-refractivity contribution in [3.05, 3.63) is 76.1 Å². The second-order valence-corrected chi connectivity index (χ2v) is 10.6. The number of aromatic nitrogens is 2. The number of carbonyl (C=O) groups is 1. The molecule has 1 unspecified atom stereocenters. The summed E-state index contributed by atoms with van der Waals surface area (Å²) in [5.41, 5.74) is 3.20. The highest BCUT2D eigenvalue weighted by atomic mass is 35.5. The minimum absolute atomic E-state index is 0.0780. The van der Waals surface area contributed by atoms with Gasteiger partial charge in [0.05, 0.1) is 0 Å². The van der Waals surface area contributed by atoms with Crippen LogP contribution in [0.2, 0.25) is 5.02 Å². The minimum atomic E-state index is 0.0780. The first-order chi connectivity index (χ1) is 15.2. The molecule has 0 N–H and O–H groups in total. The van der Waals surface area contributed by atoms with Crippen LogP contribution in [0.5, 0.6) is 0 Å². The first kappa shape index (κ1) is 22.7. The Balaban J connectivity index is 1.38. The van der Waals surface area contributed by atoms with Gasteiger partial charge in [-0.3, -0.25) is 4.79 Å². The number of nitrogens with zero attached hydrogens (tertiary/aromatic N) is 4. The summed E-state index contributed by atoms with van der Waals surface area (Å²) in [6.07, 6.45) is 0.687. The predicted octanol–water partition coefficient (Wildman–Crippen LogP) is 5.43. The molecule has 168 valence electrons. The number of anilines is 1. The van der Waals surface area contributed by atoms with Crippen LogP contribution in [-0.2, 0) is 11.8 Å². The molecule has 0 bridgehead atoms. The molecule has 0 radical (unpaired) electrons. The number of hydrogen-bond donors (Lipinski definition) is 0. The number of amides is 1. The zero-order chi connectivity index (χ0) is 22.9. The number of hydrogen-bond acceptors (Lipinski definition) is 5. The Morgan fingerprint density at radius 3 is 2.41 bits per heavy atom. The zero-order valence-corrected chi connectivity index (χ0v) is 20.6. The number of carbonyl (C=O) groups excluding carboxylic acids is 1. The Morgan fingerprint density at radius 1 is 1.09 bits per heavy atom. The summed E-state index contributed by atoms with van der Waals surface area (Å²) in [5.74, 6) is 0.913. The Kier molecular flexibility index (Phi) is 6.54. The van der Waals surface area contributed by atoms with Crippen molar-refractivity contribution in [3.63, 3.8) is 0 Å². The van der Waals surface area contributed by atoms with Crippen molar-refractivity contribution in [2.75, 3.05) is 24.5 Å². The van der Waals surface area contributed by atoms with Gasteiger partial charge in [0.2, 0.25) is 5.13 Å². The van der Waals surface area contributed by atoms with E-state index in [1.165, 1.54) is 17.1 Å². The van der Waals surface area contributed by atoms with Crippen molar-refractivity contribution < 1.29 is 4.79 Å². The molecule has 32 heavy (non-hydrogen) atoms. The van der Waals surface area contributed by atoms with Gasteiger partial charge in [-0.2, -0.15) is 4.37 Å². The molecular weight excluding hydrogens is 440 g/mol. The summed E-state index contributed by atoms with van der Waals surface area (Å²) in [5, 5.41) is 1.65. The number of rotatable bonds is 4. The average Bonchev–Trinajstić information content (AvgIpc) is 3.23. The SMILES string of the molecule is CC1CN(c2nc(Cc3ccc(Cl)cc3)ns2)CCN1C(=O)c1ccc(C(C)(C)C)cc1. The number of piperazine rings is 1. The lowest BCUT2D eigenvalue weighted by molar-refractivity contribution is 0.0674. The summed E-state index contributed by atoms with van der Waals surface area (Å²) in [6, 6.07) is 15.9. The molecule has 1 atom stereocenters. The molecule has 0 spiro atoms. The van der Waals surface area contributed by atoms with E-state index in [0.29, 0.717) is 13.0 Å².